The monoisotopic (exact) mass is 530 g/mol. The Bertz CT molecular complexity index is 1270. The third-order valence-electron chi connectivity index (χ3n) is 6.40. The van der Waals surface area contributed by atoms with Crippen molar-refractivity contribution in [1.29, 1.82) is 0 Å². The van der Waals surface area contributed by atoms with Crippen molar-refractivity contribution in [3.8, 4) is 0 Å². The van der Waals surface area contributed by atoms with Crippen LogP contribution in [-0.4, -0.2) is 71.9 Å². The minimum atomic E-state index is -0.591. The highest BCUT2D eigenvalue weighted by Gasteiger charge is 2.21. The Kier molecular flexibility index (Phi) is 9.82. The van der Waals surface area contributed by atoms with Crippen molar-refractivity contribution in [2.45, 2.75) is 38.4 Å². The summed E-state index contributed by atoms with van der Waals surface area (Å²) in [6.45, 7) is 2.05. The van der Waals surface area contributed by atoms with Crippen LogP contribution in [0.5, 0.6) is 0 Å². The van der Waals surface area contributed by atoms with Gasteiger partial charge in [-0.15, -0.1) is 0 Å². The zero-order valence-corrected chi connectivity index (χ0v) is 22.9. The first-order valence-corrected chi connectivity index (χ1v) is 13.3. The van der Waals surface area contributed by atoms with E-state index in [1.807, 2.05) is 80.6 Å². The van der Waals surface area contributed by atoms with E-state index in [1.54, 1.807) is 0 Å². The van der Waals surface area contributed by atoms with E-state index in [1.165, 1.54) is 6.33 Å². The summed E-state index contributed by atoms with van der Waals surface area (Å²) >= 11 is 0. The number of aromatic nitrogens is 2. The molecular weight excluding hydrogens is 492 g/mol. The molecule has 3 aromatic rings. The number of likely N-dealkylation sites (N-methyl/N-ethyl adjacent to an activating group) is 1. The van der Waals surface area contributed by atoms with E-state index < -0.39 is 6.04 Å². The van der Waals surface area contributed by atoms with Crippen LogP contribution in [0.15, 0.2) is 60.9 Å². The average molecular weight is 531 g/mol. The van der Waals surface area contributed by atoms with Gasteiger partial charge in [0.2, 0.25) is 11.8 Å². The molecule has 2 aromatic carbocycles. The topological polar surface area (TPSA) is 115 Å². The maximum absolute atomic E-state index is 13.2. The number of anilines is 4. The van der Waals surface area contributed by atoms with E-state index in [-0.39, 0.29) is 18.4 Å². The number of benzene rings is 2. The molecule has 1 unspecified atom stereocenters. The van der Waals surface area contributed by atoms with E-state index in [0.29, 0.717) is 31.1 Å². The van der Waals surface area contributed by atoms with Crippen LogP contribution in [0.2, 0.25) is 0 Å². The van der Waals surface area contributed by atoms with Gasteiger partial charge in [0, 0.05) is 30.5 Å². The van der Waals surface area contributed by atoms with E-state index in [9.17, 15) is 9.59 Å². The molecular formula is C29H38N8O2. The van der Waals surface area contributed by atoms with Crippen LogP contribution in [0.4, 0.5) is 23.0 Å². The summed E-state index contributed by atoms with van der Waals surface area (Å²) in [5.74, 6) is 0.961. The molecule has 1 aliphatic rings. The Labute approximate surface area is 230 Å². The second-order valence-corrected chi connectivity index (χ2v) is 10.2. The predicted octanol–water partition coefficient (Wildman–Crippen LogP) is 3.24. The van der Waals surface area contributed by atoms with Crippen LogP contribution in [-0.2, 0) is 22.7 Å². The second kappa shape index (κ2) is 13.7. The van der Waals surface area contributed by atoms with Gasteiger partial charge in [0.25, 0.3) is 0 Å². The number of carbonyl (C=O) groups excluding carboxylic acids is 2. The number of fused-ring (bicyclic) bond motifs is 6. The Morgan fingerprint density at radius 2 is 1.56 bits per heavy atom. The molecule has 6 bridgehead atoms. The standard InChI is InChI=1S/C29H38N8O2/c1-36(2)13-5-4-12-25-29(39)30-17-21-8-6-10-23(14-21)33-26-16-27(32-20-31-26)34-24-11-7-9-22(15-24)18-37(3)19-28(38)35-25/h6-11,14-16,20,25H,4-5,12-13,17-19H2,1-3H3,(H,30,39)(H,35,38)(H2,31,32,33,34). The molecule has 1 aliphatic heterocycles. The van der Waals surface area contributed by atoms with Crippen molar-refractivity contribution in [2.24, 2.45) is 0 Å². The molecule has 2 heterocycles. The SMILES string of the molecule is CN(C)CCCCC1NC(=O)CN(C)Cc2cccc(c2)Nc2cc(ncn2)Nc2cccc(c2)CNC1=O. The minimum absolute atomic E-state index is 0.173. The van der Waals surface area contributed by atoms with E-state index >= 15 is 0 Å². The van der Waals surface area contributed by atoms with E-state index in [4.69, 9.17) is 0 Å². The number of rotatable bonds is 5. The van der Waals surface area contributed by atoms with Gasteiger partial charge in [-0.1, -0.05) is 24.3 Å². The third kappa shape index (κ3) is 9.05. The Morgan fingerprint density at radius 3 is 2.26 bits per heavy atom. The zero-order valence-electron chi connectivity index (χ0n) is 22.9. The van der Waals surface area contributed by atoms with Crippen molar-refractivity contribution >= 4 is 34.8 Å². The first kappa shape index (κ1) is 28.0. The van der Waals surface area contributed by atoms with Crippen LogP contribution >= 0.6 is 0 Å². The molecule has 0 spiro atoms. The number of nitrogens with zero attached hydrogens (tertiary/aromatic N) is 4. The summed E-state index contributed by atoms with van der Waals surface area (Å²) in [6.07, 6.45) is 3.89. The van der Waals surface area contributed by atoms with Crippen molar-refractivity contribution < 1.29 is 9.59 Å². The molecule has 0 fully saturated rings. The van der Waals surface area contributed by atoms with Crippen LogP contribution in [0.25, 0.3) is 0 Å². The summed E-state index contributed by atoms with van der Waals surface area (Å²) in [5, 5.41) is 12.6. The Morgan fingerprint density at radius 1 is 0.897 bits per heavy atom. The normalized spacial score (nSPS) is 17.0. The minimum Gasteiger partial charge on any atom is -0.350 e. The molecule has 0 aliphatic carbocycles. The molecule has 206 valence electrons. The smallest absolute Gasteiger partial charge is 0.242 e. The molecule has 0 saturated carbocycles. The quantitative estimate of drug-likeness (QED) is 0.372. The lowest BCUT2D eigenvalue weighted by Crippen LogP contribution is -2.49. The van der Waals surface area contributed by atoms with Gasteiger partial charge in [-0.3, -0.25) is 14.5 Å². The molecule has 10 nitrogen and oxygen atoms in total. The van der Waals surface area contributed by atoms with Gasteiger partial charge in [0.05, 0.1) is 6.54 Å². The summed E-state index contributed by atoms with van der Waals surface area (Å²) in [6, 6.07) is 17.0. The number of hydrogen-bond acceptors (Lipinski definition) is 8. The maximum Gasteiger partial charge on any atom is 0.242 e. The molecule has 39 heavy (non-hydrogen) atoms. The lowest BCUT2D eigenvalue weighted by Gasteiger charge is -2.22. The Hall–Kier alpha value is -4.02. The largest absolute Gasteiger partial charge is 0.350 e. The van der Waals surface area contributed by atoms with Gasteiger partial charge in [-0.05, 0) is 82.3 Å². The number of unbranched alkanes of at least 4 members (excludes halogenated alkanes) is 1. The molecule has 0 radical (unpaired) electrons. The highest BCUT2D eigenvalue weighted by Crippen LogP contribution is 2.21. The van der Waals surface area contributed by atoms with Crippen molar-refractivity contribution in [1.82, 2.24) is 30.4 Å². The van der Waals surface area contributed by atoms with Gasteiger partial charge >= 0.3 is 0 Å². The van der Waals surface area contributed by atoms with Crippen LogP contribution in [0, 0.1) is 0 Å². The number of amides is 2. The van der Waals surface area contributed by atoms with Crippen LogP contribution < -0.4 is 21.3 Å². The molecule has 0 saturated heterocycles. The van der Waals surface area contributed by atoms with Crippen LogP contribution in [0.1, 0.15) is 30.4 Å². The molecule has 4 N–H and O–H groups in total. The third-order valence-corrected chi connectivity index (χ3v) is 6.40. The summed E-state index contributed by atoms with van der Waals surface area (Å²) in [7, 11) is 5.96. The molecule has 2 amide bonds. The van der Waals surface area contributed by atoms with Gasteiger partial charge in [-0.25, -0.2) is 9.97 Å². The predicted molar refractivity (Wildman–Crippen MR) is 154 cm³/mol. The fourth-order valence-corrected chi connectivity index (χ4v) is 4.51. The van der Waals surface area contributed by atoms with Crippen LogP contribution in [0.3, 0.4) is 0 Å². The molecule has 10 heteroatoms. The average Bonchev–Trinajstić information content (AvgIpc) is 2.89. The lowest BCUT2D eigenvalue weighted by molar-refractivity contribution is -0.129. The fraction of sp³-hybridized carbons (Fsp3) is 0.379. The highest BCUT2D eigenvalue weighted by atomic mass is 16.2. The summed E-state index contributed by atoms with van der Waals surface area (Å²) in [4.78, 5) is 38.9. The first-order chi connectivity index (χ1) is 18.8. The second-order valence-electron chi connectivity index (χ2n) is 10.2. The van der Waals surface area contributed by atoms with E-state index in [2.05, 4.69) is 36.1 Å². The van der Waals surface area contributed by atoms with Crippen molar-refractivity contribution in [2.75, 3.05) is 44.9 Å². The Balaban J connectivity index is 1.56. The van der Waals surface area contributed by atoms with Gasteiger partial charge in [0.1, 0.15) is 24.0 Å². The summed E-state index contributed by atoms with van der Waals surface area (Å²) in [5.41, 5.74) is 3.72. The maximum atomic E-state index is 13.2. The van der Waals surface area contributed by atoms with Gasteiger partial charge < -0.3 is 26.2 Å². The molecule has 4 rings (SSSR count). The lowest BCUT2D eigenvalue weighted by atomic mass is 10.1. The first-order valence-electron chi connectivity index (χ1n) is 13.3. The van der Waals surface area contributed by atoms with Gasteiger partial charge in [0.15, 0.2) is 0 Å². The highest BCUT2D eigenvalue weighted by molar-refractivity contribution is 5.88. The number of carbonyl (C=O) groups is 2. The fourth-order valence-electron chi connectivity index (χ4n) is 4.51. The number of hydrogen-bond donors (Lipinski definition) is 4. The van der Waals surface area contributed by atoms with Crippen molar-refractivity contribution in [3.05, 3.63) is 72.1 Å². The molecule has 1 atom stereocenters. The zero-order chi connectivity index (χ0) is 27.6. The molecule has 1 aromatic heterocycles. The van der Waals surface area contributed by atoms with Gasteiger partial charge in [-0.2, -0.15) is 0 Å². The summed E-state index contributed by atoms with van der Waals surface area (Å²) < 4.78 is 0. The van der Waals surface area contributed by atoms with E-state index in [0.717, 1.165) is 41.9 Å². The van der Waals surface area contributed by atoms with Crippen molar-refractivity contribution in [3.63, 3.8) is 0 Å². The number of nitrogens with one attached hydrogen (secondary N) is 4.